The van der Waals surface area contributed by atoms with Gasteiger partial charge >= 0.3 is 0 Å². The van der Waals surface area contributed by atoms with Crippen LogP contribution in [0.15, 0.2) is 146 Å². The first-order chi connectivity index (χ1) is 22.3. The Hall–Kier alpha value is -4.92. The molecule has 1 fully saturated rings. The van der Waals surface area contributed by atoms with Gasteiger partial charge in [0.05, 0.1) is 5.69 Å². The van der Waals surface area contributed by atoms with Crippen molar-refractivity contribution in [2.45, 2.75) is 31.6 Å². The van der Waals surface area contributed by atoms with Gasteiger partial charge in [-0.25, -0.2) is 0 Å². The molecule has 0 atom stereocenters. The predicted molar refractivity (Wildman–Crippen MR) is 196 cm³/mol. The van der Waals surface area contributed by atoms with Crippen LogP contribution in [0.5, 0.6) is 0 Å². The highest BCUT2D eigenvalue weighted by Crippen LogP contribution is 2.47. The van der Waals surface area contributed by atoms with E-state index in [1.54, 1.807) is 0 Å². The fourth-order valence-corrected chi connectivity index (χ4v) is 8.67. The molecule has 1 nitrogen and oxygen atoms in total. The molecule has 45 heavy (non-hydrogen) atoms. The summed E-state index contributed by atoms with van der Waals surface area (Å²) >= 11 is 1.88. The standard InChI is InChI=1S/C43H33NS/c1-2-10-29(9-1)31-19-22-35(23-20-31)44(36-24-25-39-38-15-7-8-16-41(38)45-42(39)28-36)40-26-21-32-12-5-6-14-37(32)43(40)34-18-17-30-11-3-4-13-33(30)27-34/h3-8,11-29H,1-2,9-10H2. The summed E-state index contributed by atoms with van der Waals surface area (Å²) in [6, 6.07) is 54.3. The van der Waals surface area contributed by atoms with Crippen LogP contribution in [0.25, 0.3) is 52.8 Å². The third-order valence-corrected chi connectivity index (χ3v) is 10.9. The van der Waals surface area contributed by atoms with Crippen molar-refractivity contribution in [3.63, 3.8) is 0 Å². The third kappa shape index (κ3) is 4.60. The van der Waals surface area contributed by atoms with Crippen LogP contribution in [-0.4, -0.2) is 0 Å². The van der Waals surface area contributed by atoms with Crippen molar-refractivity contribution in [1.29, 1.82) is 0 Å². The van der Waals surface area contributed by atoms with Gasteiger partial charge in [-0.1, -0.05) is 116 Å². The average molecular weight is 596 g/mol. The van der Waals surface area contributed by atoms with E-state index in [4.69, 9.17) is 0 Å². The number of thiophene rings is 1. The van der Waals surface area contributed by atoms with E-state index >= 15 is 0 Å². The number of anilines is 3. The van der Waals surface area contributed by atoms with Crippen LogP contribution in [0.4, 0.5) is 17.1 Å². The number of hydrogen-bond donors (Lipinski definition) is 0. The summed E-state index contributed by atoms with van der Waals surface area (Å²) in [6.45, 7) is 0. The van der Waals surface area contributed by atoms with E-state index in [2.05, 4.69) is 150 Å². The molecule has 0 N–H and O–H groups in total. The zero-order valence-corrected chi connectivity index (χ0v) is 25.9. The summed E-state index contributed by atoms with van der Waals surface area (Å²) in [7, 11) is 0. The highest BCUT2D eigenvalue weighted by Gasteiger charge is 2.22. The van der Waals surface area contributed by atoms with E-state index in [0.717, 1.165) is 0 Å². The zero-order chi connectivity index (χ0) is 29.7. The van der Waals surface area contributed by atoms with Gasteiger partial charge in [-0.2, -0.15) is 0 Å². The Morgan fingerprint density at radius 3 is 2.00 bits per heavy atom. The Morgan fingerprint density at radius 2 is 1.16 bits per heavy atom. The van der Waals surface area contributed by atoms with Crippen molar-refractivity contribution in [1.82, 2.24) is 0 Å². The summed E-state index contributed by atoms with van der Waals surface area (Å²) in [5.74, 6) is 0.691. The highest BCUT2D eigenvalue weighted by molar-refractivity contribution is 7.25. The number of rotatable bonds is 5. The van der Waals surface area contributed by atoms with Gasteiger partial charge in [0.2, 0.25) is 0 Å². The maximum Gasteiger partial charge on any atom is 0.0546 e. The van der Waals surface area contributed by atoms with Crippen molar-refractivity contribution in [3.05, 3.63) is 151 Å². The largest absolute Gasteiger partial charge is 0.310 e. The zero-order valence-electron chi connectivity index (χ0n) is 25.1. The number of hydrogen-bond acceptors (Lipinski definition) is 2. The Morgan fingerprint density at radius 1 is 0.489 bits per heavy atom. The fourth-order valence-electron chi connectivity index (χ4n) is 7.53. The van der Waals surface area contributed by atoms with Crippen LogP contribution in [0.2, 0.25) is 0 Å². The molecule has 1 aromatic heterocycles. The molecule has 0 unspecified atom stereocenters. The van der Waals surface area contributed by atoms with Crippen LogP contribution >= 0.6 is 11.3 Å². The van der Waals surface area contributed by atoms with Crippen molar-refractivity contribution in [3.8, 4) is 11.1 Å². The second kappa shape index (κ2) is 10.9. The smallest absolute Gasteiger partial charge is 0.0546 e. The molecule has 0 bridgehead atoms. The number of nitrogens with zero attached hydrogens (tertiary/aromatic N) is 1. The second-order valence-electron chi connectivity index (χ2n) is 12.4. The quantitative estimate of drug-likeness (QED) is 0.191. The van der Waals surface area contributed by atoms with E-state index in [1.807, 2.05) is 11.3 Å². The van der Waals surface area contributed by atoms with Gasteiger partial charge in [-0.05, 0) is 93.9 Å². The van der Waals surface area contributed by atoms with Crippen LogP contribution in [-0.2, 0) is 0 Å². The fraction of sp³-hybridized carbons (Fsp3) is 0.116. The monoisotopic (exact) mass is 595 g/mol. The lowest BCUT2D eigenvalue weighted by Gasteiger charge is -2.29. The first kappa shape index (κ1) is 26.5. The topological polar surface area (TPSA) is 3.24 Å². The van der Waals surface area contributed by atoms with Crippen LogP contribution < -0.4 is 4.90 Å². The molecule has 8 aromatic rings. The lowest BCUT2D eigenvalue weighted by atomic mass is 9.93. The van der Waals surface area contributed by atoms with E-state index in [1.165, 1.54) is 101 Å². The highest BCUT2D eigenvalue weighted by atomic mass is 32.1. The molecule has 0 saturated heterocycles. The number of benzene rings is 7. The minimum absolute atomic E-state index is 0.691. The first-order valence-corrected chi connectivity index (χ1v) is 16.9. The molecule has 0 aliphatic heterocycles. The van der Waals surface area contributed by atoms with Gasteiger partial charge in [-0.3, -0.25) is 0 Å². The minimum Gasteiger partial charge on any atom is -0.310 e. The second-order valence-corrected chi connectivity index (χ2v) is 13.5. The Balaban J connectivity index is 1.29. The molecule has 2 heteroatoms. The number of fused-ring (bicyclic) bond motifs is 5. The van der Waals surface area contributed by atoms with Gasteiger partial charge in [-0.15, -0.1) is 11.3 Å². The molecule has 1 aliphatic carbocycles. The van der Waals surface area contributed by atoms with Crippen molar-refractivity contribution in [2.75, 3.05) is 4.90 Å². The molecule has 0 amide bonds. The molecule has 9 rings (SSSR count). The van der Waals surface area contributed by atoms with Gasteiger partial charge in [0.1, 0.15) is 0 Å². The Bertz CT molecular complexity index is 2340. The Labute approximate surface area is 268 Å². The molecule has 216 valence electrons. The summed E-state index contributed by atoms with van der Waals surface area (Å²) in [4.78, 5) is 2.49. The summed E-state index contributed by atoms with van der Waals surface area (Å²) in [6.07, 6.45) is 5.31. The van der Waals surface area contributed by atoms with Gasteiger partial charge in [0.25, 0.3) is 0 Å². The molecule has 1 heterocycles. The predicted octanol–water partition coefficient (Wildman–Crippen LogP) is 13.2. The minimum atomic E-state index is 0.691. The first-order valence-electron chi connectivity index (χ1n) is 16.1. The van der Waals surface area contributed by atoms with E-state index in [0.29, 0.717) is 5.92 Å². The Kier molecular flexibility index (Phi) is 6.42. The molecular formula is C43H33NS. The summed E-state index contributed by atoms with van der Waals surface area (Å²) in [5.41, 5.74) is 7.53. The molecule has 0 radical (unpaired) electrons. The van der Waals surface area contributed by atoms with E-state index < -0.39 is 0 Å². The molecule has 7 aromatic carbocycles. The maximum atomic E-state index is 2.49. The molecule has 0 spiro atoms. The molecule has 1 aliphatic rings. The van der Waals surface area contributed by atoms with Gasteiger partial charge < -0.3 is 4.90 Å². The summed E-state index contributed by atoms with van der Waals surface area (Å²) < 4.78 is 2.65. The third-order valence-electron chi connectivity index (χ3n) is 9.78. The lowest BCUT2D eigenvalue weighted by Crippen LogP contribution is -2.11. The SMILES string of the molecule is c1ccc2cc(-c3c(N(c4ccc(C5CCCC5)cc4)c4ccc5c(c4)sc4ccccc45)ccc4ccccc34)ccc2c1. The van der Waals surface area contributed by atoms with Crippen molar-refractivity contribution < 1.29 is 0 Å². The van der Waals surface area contributed by atoms with E-state index in [-0.39, 0.29) is 0 Å². The molecular weight excluding hydrogens is 563 g/mol. The normalized spacial score (nSPS) is 13.8. The van der Waals surface area contributed by atoms with Gasteiger partial charge in [0, 0.05) is 37.1 Å². The molecule has 1 saturated carbocycles. The van der Waals surface area contributed by atoms with Crippen LogP contribution in [0, 0.1) is 0 Å². The maximum absolute atomic E-state index is 2.49. The average Bonchev–Trinajstić information content (AvgIpc) is 3.77. The van der Waals surface area contributed by atoms with Crippen molar-refractivity contribution >= 4 is 70.1 Å². The lowest BCUT2D eigenvalue weighted by molar-refractivity contribution is 0.723. The van der Waals surface area contributed by atoms with Crippen LogP contribution in [0.3, 0.4) is 0 Å². The van der Waals surface area contributed by atoms with Gasteiger partial charge in [0.15, 0.2) is 0 Å². The van der Waals surface area contributed by atoms with Crippen LogP contribution in [0.1, 0.15) is 37.2 Å². The summed E-state index contributed by atoms with van der Waals surface area (Å²) in [5, 5.41) is 7.69. The van der Waals surface area contributed by atoms with Crippen molar-refractivity contribution in [2.24, 2.45) is 0 Å². The van der Waals surface area contributed by atoms with E-state index in [9.17, 15) is 0 Å².